The van der Waals surface area contributed by atoms with Gasteiger partial charge in [-0.15, -0.1) is 0 Å². The van der Waals surface area contributed by atoms with Crippen molar-refractivity contribution in [2.45, 2.75) is 51.5 Å². The van der Waals surface area contributed by atoms with Gasteiger partial charge in [0.1, 0.15) is 0 Å². The Balaban J connectivity index is 2.00. The second kappa shape index (κ2) is 9.86. The fourth-order valence-electron chi connectivity index (χ4n) is 2.62. The van der Waals surface area contributed by atoms with Crippen LogP contribution >= 0.6 is 0 Å². The number of ether oxygens (including phenoxy) is 2. The van der Waals surface area contributed by atoms with E-state index < -0.39 is 0 Å². The van der Waals surface area contributed by atoms with Crippen molar-refractivity contribution < 1.29 is 9.47 Å². The molecule has 1 aliphatic rings. The van der Waals surface area contributed by atoms with E-state index in [4.69, 9.17) is 9.47 Å². The van der Waals surface area contributed by atoms with Gasteiger partial charge >= 0.3 is 0 Å². The Bertz CT molecular complexity index is 176. The summed E-state index contributed by atoms with van der Waals surface area (Å²) in [5.41, 5.74) is 0. The predicted molar refractivity (Wildman–Crippen MR) is 71.4 cm³/mol. The predicted octanol–water partition coefficient (Wildman–Crippen LogP) is 2.60. The van der Waals surface area contributed by atoms with Crippen LogP contribution in [0.1, 0.15) is 45.4 Å². The van der Waals surface area contributed by atoms with E-state index in [9.17, 15) is 0 Å². The van der Waals surface area contributed by atoms with Crippen LogP contribution in [0.2, 0.25) is 0 Å². The second-order valence-corrected chi connectivity index (χ2v) is 5.00. The van der Waals surface area contributed by atoms with Gasteiger partial charge in [-0.2, -0.15) is 0 Å². The molecular formula is C14H29NO2. The summed E-state index contributed by atoms with van der Waals surface area (Å²) in [5, 5.41) is 3.67. The standard InChI is InChI=1S/C14H29NO2/c1-3-9-15-14-7-4-6-13(14)8-12-17-11-5-10-16-2/h13-15H,3-12H2,1-2H3. The van der Waals surface area contributed by atoms with Crippen molar-refractivity contribution in [2.24, 2.45) is 5.92 Å². The molecule has 2 unspecified atom stereocenters. The van der Waals surface area contributed by atoms with Gasteiger partial charge in [-0.1, -0.05) is 13.3 Å². The second-order valence-electron chi connectivity index (χ2n) is 5.00. The molecule has 0 bridgehead atoms. The molecule has 3 nitrogen and oxygen atoms in total. The number of hydrogen-bond acceptors (Lipinski definition) is 3. The van der Waals surface area contributed by atoms with E-state index in [2.05, 4.69) is 12.2 Å². The van der Waals surface area contributed by atoms with Crippen molar-refractivity contribution in [1.82, 2.24) is 5.32 Å². The molecule has 102 valence electrons. The number of methoxy groups -OCH3 is 1. The minimum absolute atomic E-state index is 0.748. The van der Waals surface area contributed by atoms with Gasteiger partial charge < -0.3 is 14.8 Å². The quantitative estimate of drug-likeness (QED) is 0.598. The molecule has 1 rings (SSSR count). The fourth-order valence-corrected chi connectivity index (χ4v) is 2.62. The van der Waals surface area contributed by atoms with Crippen LogP contribution in [0.3, 0.4) is 0 Å². The molecule has 0 heterocycles. The van der Waals surface area contributed by atoms with Crippen molar-refractivity contribution in [2.75, 3.05) is 33.5 Å². The van der Waals surface area contributed by atoms with Crippen LogP contribution in [0.15, 0.2) is 0 Å². The van der Waals surface area contributed by atoms with E-state index >= 15 is 0 Å². The lowest BCUT2D eigenvalue weighted by molar-refractivity contribution is 0.0918. The molecular weight excluding hydrogens is 214 g/mol. The minimum atomic E-state index is 0.748. The number of hydrogen-bond donors (Lipinski definition) is 1. The molecule has 1 N–H and O–H groups in total. The van der Waals surface area contributed by atoms with Crippen molar-refractivity contribution in [1.29, 1.82) is 0 Å². The number of rotatable bonds is 10. The zero-order chi connectivity index (χ0) is 12.3. The van der Waals surface area contributed by atoms with Crippen LogP contribution in [0, 0.1) is 5.92 Å². The Morgan fingerprint density at radius 2 is 2.06 bits per heavy atom. The molecule has 1 fully saturated rings. The third-order valence-corrected chi connectivity index (χ3v) is 3.59. The van der Waals surface area contributed by atoms with Gasteiger partial charge in [0.05, 0.1) is 0 Å². The highest BCUT2D eigenvalue weighted by Gasteiger charge is 2.25. The Morgan fingerprint density at radius 3 is 2.82 bits per heavy atom. The first kappa shape index (κ1) is 14.9. The highest BCUT2D eigenvalue weighted by atomic mass is 16.5. The lowest BCUT2D eigenvalue weighted by Gasteiger charge is -2.20. The summed E-state index contributed by atoms with van der Waals surface area (Å²) in [6, 6.07) is 0.748. The molecule has 2 atom stereocenters. The van der Waals surface area contributed by atoms with Gasteiger partial charge in [-0.3, -0.25) is 0 Å². The summed E-state index contributed by atoms with van der Waals surface area (Å²) < 4.78 is 10.6. The maximum atomic E-state index is 5.64. The summed E-state index contributed by atoms with van der Waals surface area (Å²) >= 11 is 0. The van der Waals surface area contributed by atoms with Gasteiger partial charge in [0.2, 0.25) is 0 Å². The average Bonchev–Trinajstić information content (AvgIpc) is 2.78. The average molecular weight is 243 g/mol. The van der Waals surface area contributed by atoms with Gasteiger partial charge in [-0.05, 0) is 44.6 Å². The van der Waals surface area contributed by atoms with Gasteiger partial charge in [0.25, 0.3) is 0 Å². The molecule has 0 saturated heterocycles. The fraction of sp³-hybridized carbons (Fsp3) is 1.00. The van der Waals surface area contributed by atoms with Gasteiger partial charge in [0, 0.05) is 33.0 Å². The summed E-state index contributed by atoms with van der Waals surface area (Å²) in [5.74, 6) is 0.837. The molecule has 0 aromatic heterocycles. The SMILES string of the molecule is CCCNC1CCCC1CCOCCCOC. The van der Waals surface area contributed by atoms with Crippen molar-refractivity contribution in [3.63, 3.8) is 0 Å². The third-order valence-electron chi connectivity index (χ3n) is 3.59. The van der Waals surface area contributed by atoms with Gasteiger partial charge in [-0.25, -0.2) is 0 Å². The summed E-state index contributed by atoms with van der Waals surface area (Å²) in [7, 11) is 1.74. The highest BCUT2D eigenvalue weighted by Crippen LogP contribution is 2.28. The van der Waals surface area contributed by atoms with Crippen LogP contribution < -0.4 is 5.32 Å². The molecule has 1 aliphatic carbocycles. The first-order valence-corrected chi connectivity index (χ1v) is 7.18. The molecule has 3 heteroatoms. The first-order valence-electron chi connectivity index (χ1n) is 7.18. The lowest BCUT2D eigenvalue weighted by atomic mass is 10.00. The van der Waals surface area contributed by atoms with Crippen molar-refractivity contribution in [3.05, 3.63) is 0 Å². The Morgan fingerprint density at radius 1 is 1.18 bits per heavy atom. The van der Waals surface area contributed by atoms with Crippen LogP contribution in [0.4, 0.5) is 0 Å². The third kappa shape index (κ3) is 6.39. The van der Waals surface area contributed by atoms with E-state index in [1.165, 1.54) is 32.1 Å². The van der Waals surface area contributed by atoms with Crippen molar-refractivity contribution in [3.8, 4) is 0 Å². The molecule has 0 spiro atoms. The molecule has 17 heavy (non-hydrogen) atoms. The van der Waals surface area contributed by atoms with E-state index in [0.29, 0.717) is 0 Å². The van der Waals surface area contributed by atoms with Crippen LogP contribution in [-0.2, 0) is 9.47 Å². The topological polar surface area (TPSA) is 30.5 Å². The van der Waals surface area contributed by atoms with Crippen molar-refractivity contribution >= 4 is 0 Å². The van der Waals surface area contributed by atoms with Gasteiger partial charge in [0.15, 0.2) is 0 Å². The van der Waals surface area contributed by atoms with E-state index in [-0.39, 0.29) is 0 Å². The normalized spacial score (nSPS) is 24.4. The first-order chi connectivity index (χ1) is 8.38. The molecule has 0 radical (unpaired) electrons. The molecule has 1 saturated carbocycles. The zero-order valence-corrected chi connectivity index (χ0v) is 11.5. The lowest BCUT2D eigenvalue weighted by Crippen LogP contribution is -2.33. The largest absolute Gasteiger partial charge is 0.385 e. The maximum absolute atomic E-state index is 5.64. The summed E-state index contributed by atoms with van der Waals surface area (Å²) in [6.45, 7) is 5.96. The molecule has 0 aromatic carbocycles. The maximum Gasteiger partial charge on any atom is 0.0487 e. The zero-order valence-electron chi connectivity index (χ0n) is 11.5. The molecule has 0 amide bonds. The summed E-state index contributed by atoms with van der Waals surface area (Å²) in [6.07, 6.45) is 7.58. The van der Waals surface area contributed by atoms with E-state index in [0.717, 1.165) is 44.7 Å². The number of nitrogens with one attached hydrogen (secondary N) is 1. The molecule has 0 aromatic rings. The Hall–Kier alpha value is -0.120. The summed E-state index contributed by atoms with van der Waals surface area (Å²) in [4.78, 5) is 0. The van der Waals surface area contributed by atoms with Crippen LogP contribution in [0.5, 0.6) is 0 Å². The van der Waals surface area contributed by atoms with Crippen LogP contribution in [0.25, 0.3) is 0 Å². The highest BCUT2D eigenvalue weighted by molar-refractivity contribution is 4.82. The Labute approximate surface area is 106 Å². The smallest absolute Gasteiger partial charge is 0.0487 e. The monoisotopic (exact) mass is 243 g/mol. The van der Waals surface area contributed by atoms with Crippen LogP contribution in [-0.4, -0.2) is 39.5 Å². The van der Waals surface area contributed by atoms with E-state index in [1.54, 1.807) is 7.11 Å². The van der Waals surface area contributed by atoms with E-state index in [1.807, 2.05) is 0 Å². The Kier molecular flexibility index (Phi) is 8.67. The minimum Gasteiger partial charge on any atom is -0.385 e. The molecule has 0 aliphatic heterocycles.